The first-order valence-corrected chi connectivity index (χ1v) is 14.4. The zero-order chi connectivity index (χ0) is 29.9. The van der Waals surface area contributed by atoms with Crippen molar-refractivity contribution in [1.82, 2.24) is 10.2 Å². The third kappa shape index (κ3) is 5.50. The van der Waals surface area contributed by atoms with Crippen LogP contribution in [0.3, 0.4) is 0 Å². The molecule has 3 heterocycles. The summed E-state index contributed by atoms with van der Waals surface area (Å²) >= 11 is 0. The molecule has 6 rings (SSSR count). The average Bonchev–Trinajstić information content (AvgIpc) is 2.87. The standard InChI is InChI=1S/C28H25F6N3O4S/c29-20-6-18(7-21(10-20)41-26(30)31)17-4-5-25-24(8-17)37(12-22(40-25)11-36-15-27(16-36)13-35-14-27)42(38,39)23-3-1-2-19(9-23)28(32,33)34/h1-10,22,26,35H,11-16H2/t22-/m0/s1. The first-order valence-electron chi connectivity index (χ1n) is 13.0. The number of anilines is 1. The monoisotopic (exact) mass is 613 g/mol. The highest BCUT2D eigenvalue weighted by atomic mass is 32.2. The van der Waals surface area contributed by atoms with Crippen LogP contribution >= 0.6 is 0 Å². The summed E-state index contributed by atoms with van der Waals surface area (Å²) in [7, 11) is -4.54. The lowest BCUT2D eigenvalue weighted by molar-refractivity contribution is -0.137. The van der Waals surface area contributed by atoms with Crippen LogP contribution in [0.25, 0.3) is 11.1 Å². The van der Waals surface area contributed by atoms with Crippen molar-refractivity contribution in [2.24, 2.45) is 5.41 Å². The molecule has 2 fully saturated rings. The number of nitrogens with zero attached hydrogens (tertiary/aromatic N) is 2. The van der Waals surface area contributed by atoms with Crippen LogP contribution in [0.1, 0.15) is 5.56 Å². The van der Waals surface area contributed by atoms with Gasteiger partial charge in [-0.25, -0.2) is 12.8 Å². The molecule has 7 nitrogen and oxygen atoms in total. The van der Waals surface area contributed by atoms with E-state index in [9.17, 15) is 34.8 Å². The van der Waals surface area contributed by atoms with Gasteiger partial charge in [-0.05, 0) is 53.6 Å². The van der Waals surface area contributed by atoms with Crippen molar-refractivity contribution in [3.05, 3.63) is 72.0 Å². The Morgan fingerprint density at radius 1 is 1.02 bits per heavy atom. The minimum absolute atomic E-state index is 0.0185. The molecule has 0 aliphatic carbocycles. The Hall–Kier alpha value is -3.49. The molecule has 0 saturated carbocycles. The molecular formula is C28H25F6N3O4S. The van der Waals surface area contributed by atoms with Gasteiger partial charge in [-0.2, -0.15) is 22.0 Å². The summed E-state index contributed by atoms with van der Waals surface area (Å²) in [4.78, 5) is 1.58. The molecule has 0 unspecified atom stereocenters. The summed E-state index contributed by atoms with van der Waals surface area (Å²) in [5.41, 5.74) is -0.519. The maximum absolute atomic E-state index is 14.3. The maximum Gasteiger partial charge on any atom is 0.416 e. The number of hydrogen-bond acceptors (Lipinski definition) is 6. The lowest BCUT2D eigenvalue weighted by Gasteiger charge is -2.57. The SMILES string of the molecule is O=S(=O)(c1cccc(C(F)(F)F)c1)N1C[C@H](CN2CC3(CNC3)C2)Oc2ccc(-c3cc(F)cc(OC(F)F)c3)cc21. The van der Waals surface area contributed by atoms with E-state index in [2.05, 4.69) is 15.0 Å². The van der Waals surface area contributed by atoms with Gasteiger partial charge < -0.3 is 14.8 Å². The number of benzene rings is 3. The molecule has 3 aliphatic heterocycles. The normalized spacial score (nSPS) is 20.1. The van der Waals surface area contributed by atoms with Gasteiger partial charge in [-0.15, -0.1) is 0 Å². The Morgan fingerprint density at radius 2 is 1.79 bits per heavy atom. The van der Waals surface area contributed by atoms with Crippen molar-refractivity contribution in [2.45, 2.75) is 23.8 Å². The molecular weight excluding hydrogens is 588 g/mol. The lowest BCUT2D eigenvalue weighted by Crippen LogP contribution is -2.72. The van der Waals surface area contributed by atoms with Gasteiger partial charge in [0.25, 0.3) is 10.0 Å². The van der Waals surface area contributed by atoms with Crippen LogP contribution in [0.5, 0.6) is 11.5 Å². The Kier molecular flexibility index (Phi) is 7.05. The number of alkyl halides is 5. The van der Waals surface area contributed by atoms with Gasteiger partial charge >= 0.3 is 12.8 Å². The third-order valence-electron chi connectivity index (χ3n) is 7.65. The molecule has 3 aliphatic rings. The molecule has 1 N–H and O–H groups in total. The average molecular weight is 614 g/mol. The Morgan fingerprint density at radius 3 is 2.45 bits per heavy atom. The summed E-state index contributed by atoms with van der Waals surface area (Å²) in [5.74, 6) is -1.14. The van der Waals surface area contributed by atoms with E-state index < -0.39 is 50.9 Å². The lowest BCUT2D eigenvalue weighted by atomic mass is 9.74. The molecule has 1 spiro atoms. The Balaban J connectivity index is 1.37. The van der Waals surface area contributed by atoms with Gasteiger partial charge in [0.15, 0.2) is 0 Å². The fraction of sp³-hybridized carbons (Fsp3) is 0.357. The van der Waals surface area contributed by atoms with Gasteiger partial charge in [0.2, 0.25) is 0 Å². The summed E-state index contributed by atoms with van der Waals surface area (Å²) in [6.07, 6.45) is -5.39. The number of rotatable bonds is 7. The second kappa shape index (κ2) is 10.3. The molecule has 224 valence electrons. The minimum Gasteiger partial charge on any atom is -0.485 e. The predicted octanol–water partition coefficient (Wildman–Crippen LogP) is 4.97. The van der Waals surface area contributed by atoms with Crippen molar-refractivity contribution in [3.63, 3.8) is 0 Å². The van der Waals surface area contributed by atoms with Crippen LogP contribution in [0.15, 0.2) is 65.6 Å². The van der Waals surface area contributed by atoms with E-state index in [-0.39, 0.29) is 34.5 Å². The number of likely N-dealkylation sites (tertiary alicyclic amines) is 1. The fourth-order valence-electron chi connectivity index (χ4n) is 5.70. The van der Waals surface area contributed by atoms with E-state index in [1.54, 1.807) is 0 Å². The minimum atomic E-state index is -4.76. The van der Waals surface area contributed by atoms with E-state index in [1.165, 1.54) is 24.3 Å². The Labute approximate surface area is 237 Å². The highest BCUT2D eigenvalue weighted by molar-refractivity contribution is 7.92. The van der Waals surface area contributed by atoms with Gasteiger partial charge in [-0.1, -0.05) is 12.1 Å². The molecule has 0 radical (unpaired) electrons. The third-order valence-corrected chi connectivity index (χ3v) is 9.43. The van der Waals surface area contributed by atoms with Crippen molar-refractivity contribution in [1.29, 1.82) is 0 Å². The van der Waals surface area contributed by atoms with Gasteiger partial charge in [0.1, 0.15) is 23.4 Å². The van der Waals surface area contributed by atoms with Crippen molar-refractivity contribution < 1.29 is 44.2 Å². The molecule has 1 atom stereocenters. The Bertz CT molecular complexity index is 1610. The van der Waals surface area contributed by atoms with Crippen molar-refractivity contribution in [2.75, 3.05) is 43.6 Å². The number of fused-ring (bicyclic) bond motifs is 1. The smallest absolute Gasteiger partial charge is 0.416 e. The summed E-state index contributed by atoms with van der Waals surface area (Å²) in [5, 5.41) is 3.24. The molecule has 2 saturated heterocycles. The summed E-state index contributed by atoms with van der Waals surface area (Å²) < 4.78 is 119. The van der Waals surface area contributed by atoms with E-state index in [1.807, 2.05) is 0 Å². The largest absolute Gasteiger partial charge is 0.485 e. The first kappa shape index (κ1) is 28.6. The number of sulfonamides is 1. The first-order chi connectivity index (χ1) is 19.8. The number of halogens is 6. The molecule has 3 aromatic carbocycles. The van der Waals surface area contributed by atoms with Crippen LogP contribution in [0.4, 0.5) is 32.0 Å². The van der Waals surface area contributed by atoms with Gasteiger partial charge in [0.05, 0.1) is 22.7 Å². The fourth-order valence-corrected chi connectivity index (χ4v) is 7.24. The van der Waals surface area contributed by atoms with Gasteiger partial charge in [-0.3, -0.25) is 9.21 Å². The van der Waals surface area contributed by atoms with Crippen molar-refractivity contribution in [3.8, 4) is 22.6 Å². The predicted molar refractivity (Wildman–Crippen MR) is 141 cm³/mol. The highest BCUT2D eigenvalue weighted by Crippen LogP contribution is 2.42. The quantitative estimate of drug-likeness (QED) is 0.380. The number of hydrogen-bond donors (Lipinski definition) is 1. The van der Waals surface area contributed by atoms with Gasteiger partial charge in [0, 0.05) is 44.2 Å². The van der Waals surface area contributed by atoms with Crippen LogP contribution in [0.2, 0.25) is 0 Å². The number of ether oxygens (including phenoxy) is 2. The molecule has 3 aromatic rings. The van der Waals surface area contributed by atoms with E-state index in [0.29, 0.717) is 12.6 Å². The maximum atomic E-state index is 14.3. The second-order valence-electron chi connectivity index (χ2n) is 10.8. The molecule has 0 bridgehead atoms. The summed E-state index contributed by atoms with van der Waals surface area (Å²) in [6.45, 7) is 0.448. The van der Waals surface area contributed by atoms with E-state index >= 15 is 0 Å². The topological polar surface area (TPSA) is 71.1 Å². The van der Waals surface area contributed by atoms with Crippen LogP contribution in [0, 0.1) is 11.2 Å². The van der Waals surface area contributed by atoms with Crippen molar-refractivity contribution >= 4 is 15.7 Å². The zero-order valence-electron chi connectivity index (χ0n) is 21.9. The summed E-state index contributed by atoms with van der Waals surface area (Å²) in [6, 6.07) is 10.8. The van der Waals surface area contributed by atoms with Crippen LogP contribution < -0.4 is 19.1 Å². The van der Waals surface area contributed by atoms with Crippen LogP contribution in [-0.4, -0.2) is 65.3 Å². The zero-order valence-corrected chi connectivity index (χ0v) is 22.7. The van der Waals surface area contributed by atoms with E-state index in [0.717, 1.165) is 60.8 Å². The number of nitrogens with one attached hydrogen (secondary N) is 1. The molecule has 0 amide bonds. The molecule has 0 aromatic heterocycles. The molecule has 14 heteroatoms. The molecule has 42 heavy (non-hydrogen) atoms. The highest BCUT2D eigenvalue weighted by Gasteiger charge is 2.48. The van der Waals surface area contributed by atoms with E-state index in [4.69, 9.17) is 4.74 Å². The second-order valence-corrected chi connectivity index (χ2v) is 12.7. The van der Waals surface area contributed by atoms with Crippen LogP contribution in [-0.2, 0) is 16.2 Å².